The first-order chi connectivity index (χ1) is 46.8. The van der Waals surface area contributed by atoms with E-state index in [0.717, 1.165) is 89.9 Å². The van der Waals surface area contributed by atoms with Crippen molar-refractivity contribution in [2.75, 3.05) is 26.4 Å². The zero-order chi connectivity index (χ0) is 71.1. The van der Waals surface area contributed by atoms with Gasteiger partial charge in [0.15, 0.2) is 18.7 Å². The van der Waals surface area contributed by atoms with Gasteiger partial charge in [-0.1, -0.05) is 271 Å². The minimum absolute atomic E-state index is 0.0339. The first kappa shape index (κ1) is 89.2. The highest BCUT2D eigenvalue weighted by Gasteiger charge is 2.58. The van der Waals surface area contributed by atoms with Crippen molar-refractivity contribution in [2.24, 2.45) is 0 Å². The second kappa shape index (κ2) is 54.6. The number of hydrogen-bond donors (Lipinski definition) is 11. The van der Waals surface area contributed by atoms with E-state index in [1.54, 1.807) is 0 Å². The molecule has 2 saturated heterocycles. The minimum Gasteiger partial charge on any atom is -0.463 e. The fraction of sp³-hybridized carbons (Fsp3) is 0.958. The number of carbonyl (C=O) groups is 3. The molecule has 0 aromatic heterocycles. The van der Waals surface area contributed by atoms with Gasteiger partial charge in [0.05, 0.1) is 13.2 Å². The van der Waals surface area contributed by atoms with Crippen LogP contribution in [0.3, 0.4) is 0 Å². The van der Waals surface area contributed by atoms with Crippen molar-refractivity contribution in [1.29, 1.82) is 0 Å². The van der Waals surface area contributed by atoms with Crippen LogP contribution in [0.2, 0.25) is 0 Å². The Kier molecular flexibility index (Phi) is 50.2. The van der Waals surface area contributed by atoms with E-state index in [-0.39, 0.29) is 19.3 Å². The average molecular weight is 1420 g/mol. The summed E-state index contributed by atoms with van der Waals surface area (Å²) in [6, 6.07) is 0. The number of ether oxygens (including phenoxy) is 7. The van der Waals surface area contributed by atoms with Gasteiger partial charge in [0.2, 0.25) is 0 Å². The molecule has 2 heterocycles. The SMILES string of the molecule is CCCCCCCCCCCCCCCCCCC(=O)OCC(COP(=O)(O)OC1C(OC2OC(CO)C(O)C(O)C2O)C(O)C(O)C(O)C1OC1OC(COC(=O)CCCCCCCCCCCCCCCCC)C(O)C(O)C1O)OC(=O)CCCCCCCCCCCCC. The molecular formula is C72H135O24P. The predicted molar refractivity (Wildman–Crippen MR) is 365 cm³/mol. The van der Waals surface area contributed by atoms with Crippen molar-refractivity contribution in [3.05, 3.63) is 0 Å². The summed E-state index contributed by atoms with van der Waals surface area (Å²) in [5.41, 5.74) is 0. The smallest absolute Gasteiger partial charge is 0.463 e. The Morgan fingerprint density at radius 2 is 0.660 bits per heavy atom. The second-order valence-electron chi connectivity index (χ2n) is 27.7. The van der Waals surface area contributed by atoms with E-state index in [0.29, 0.717) is 19.3 Å². The molecule has 0 bridgehead atoms. The Bertz CT molecular complexity index is 2010. The Labute approximate surface area is 580 Å². The lowest BCUT2D eigenvalue weighted by molar-refractivity contribution is -0.360. The van der Waals surface area contributed by atoms with Gasteiger partial charge in [0, 0.05) is 19.3 Å². The maximum absolute atomic E-state index is 14.3. The van der Waals surface area contributed by atoms with Gasteiger partial charge in [-0.25, -0.2) is 4.57 Å². The molecule has 24 nitrogen and oxygen atoms in total. The molecule has 0 aromatic rings. The molecule has 3 aliphatic rings. The van der Waals surface area contributed by atoms with Crippen molar-refractivity contribution in [2.45, 2.75) is 414 Å². The van der Waals surface area contributed by atoms with Crippen LogP contribution in [0.1, 0.15) is 310 Å². The van der Waals surface area contributed by atoms with Crippen LogP contribution < -0.4 is 0 Å². The summed E-state index contributed by atoms with van der Waals surface area (Å²) in [7, 11) is -5.69. The number of rotatable bonds is 60. The number of unbranched alkanes of at least 4 members (excludes halogenated alkanes) is 39. The lowest BCUT2D eigenvalue weighted by Gasteiger charge is -2.49. The van der Waals surface area contributed by atoms with Crippen LogP contribution >= 0.6 is 7.82 Å². The second-order valence-corrected chi connectivity index (χ2v) is 29.1. The summed E-state index contributed by atoms with van der Waals surface area (Å²) < 4.78 is 65.0. The molecule has 0 radical (unpaired) electrons. The van der Waals surface area contributed by atoms with E-state index < -0.39 is 156 Å². The average Bonchev–Trinajstić information content (AvgIpc) is 0.763. The third-order valence-electron chi connectivity index (χ3n) is 19.1. The summed E-state index contributed by atoms with van der Waals surface area (Å²) in [5, 5.41) is 110. The predicted octanol–water partition coefficient (Wildman–Crippen LogP) is 10.6. The third kappa shape index (κ3) is 37.8. The number of aliphatic hydroxyl groups is 10. The van der Waals surface area contributed by atoms with Gasteiger partial charge in [-0.15, -0.1) is 0 Å². The molecule has 1 saturated carbocycles. The van der Waals surface area contributed by atoms with Gasteiger partial charge in [0.1, 0.15) is 98.7 Å². The highest BCUT2D eigenvalue weighted by atomic mass is 31.2. The number of phosphoric acid groups is 1. The molecule has 18 unspecified atom stereocenters. The van der Waals surface area contributed by atoms with Gasteiger partial charge in [0.25, 0.3) is 0 Å². The number of esters is 3. The number of hydrogen-bond acceptors (Lipinski definition) is 23. The van der Waals surface area contributed by atoms with Crippen LogP contribution in [0.5, 0.6) is 0 Å². The van der Waals surface area contributed by atoms with E-state index >= 15 is 0 Å². The maximum atomic E-state index is 14.3. The summed E-state index contributed by atoms with van der Waals surface area (Å²) >= 11 is 0. The molecule has 1 aliphatic carbocycles. The molecule has 25 heteroatoms. The van der Waals surface area contributed by atoms with Crippen LogP contribution in [0, 0.1) is 0 Å². The fourth-order valence-corrected chi connectivity index (χ4v) is 13.8. The van der Waals surface area contributed by atoms with Crippen LogP contribution in [0.25, 0.3) is 0 Å². The monoisotopic (exact) mass is 1410 g/mol. The molecule has 0 spiro atoms. The number of carbonyl (C=O) groups excluding carboxylic acids is 3. The van der Waals surface area contributed by atoms with E-state index in [1.165, 1.54) is 161 Å². The van der Waals surface area contributed by atoms with Crippen LogP contribution in [-0.2, 0) is 61.2 Å². The number of phosphoric ester groups is 1. The Morgan fingerprint density at radius 1 is 0.361 bits per heavy atom. The molecule has 2 aliphatic heterocycles. The van der Waals surface area contributed by atoms with Crippen LogP contribution in [-0.4, -0.2) is 204 Å². The normalized spacial score (nSPS) is 27.7. The molecule has 0 amide bonds. The molecule has 97 heavy (non-hydrogen) atoms. The molecule has 11 N–H and O–H groups in total. The Morgan fingerprint density at radius 3 is 1.01 bits per heavy atom. The van der Waals surface area contributed by atoms with Gasteiger partial charge in [-0.3, -0.25) is 23.4 Å². The highest BCUT2D eigenvalue weighted by Crippen LogP contribution is 2.49. The lowest BCUT2D eigenvalue weighted by Crippen LogP contribution is -2.69. The minimum atomic E-state index is -5.69. The van der Waals surface area contributed by atoms with Crippen LogP contribution in [0.4, 0.5) is 0 Å². The van der Waals surface area contributed by atoms with Crippen molar-refractivity contribution >= 4 is 25.7 Å². The van der Waals surface area contributed by atoms with Crippen molar-refractivity contribution in [1.82, 2.24) is 0 Å². The Balaban J connectivity index is 1.71. The zero-order valence-corrected chi connectivity index (χ0v) is 60.5. The lowest BCUT2D eigenvalue weighted by atomic mass is 9.84. The van der Waals surface area contributed by atoms with E-state index in [2.05, 4.69) is 20.8 Å². The van der Waals surface area contributed by atoms with Gasteiger partial charge < -0.3 is 89.1 Å². The zero-order valence-electron chi connectivity index (χ0n) is 59.6. The van der Waals surface area contributed by atoms with Crippen LogP contribution in [0.15, 0.2) is 0 Å². The standard InChI is InChI=1S/C72H135O24P/c1-4-7-10-13-16-19-22-24-26-28-30-32-34-37-40-43-46-56(74)88-50-53(91-58(76)48-45-42-39-36-31-21-18-15-12-9-6-3)51-90-97(86,87)96-70-68(94-71-66(84)61(79)59(77)54(49-73)92-71)64(82)63(81)65(83)69(70)95-72-67(85)62(80)60(78)55(93-72)52-89-57(75)47-44-41-38-35-33-29-27-25-23-20-17-14-11-8-5-2/h53-55,59-73,77-85H,4-52H2,1-3H3,(H,86,87). The summed E-state index contributed by atoms with van der Waals surface area (Å²) in [4.78, 5) is 51.0. The topological polar surface area (TPSA) is 374 Å². The van der Waals surface area contributed by atoms with Gasteiger partial charge in [-0.2, -0.15) is 0 Å². The molecular weight excluding hydrogens is 1280 g/mol. The fourth-order valence-electron chi connectivity index (χ4n) is 12.9. The van der Waals surface area contributed by atoms with E-state index in [4.69, 9.17) is 42.2 Å². The van der Waals surface area contributed by atoms with Crippen molar-refractivity contribution < 1.29 is 117 Å². The van der Waals surface area contributed by atoms with Crippen molar-refractivity contribution in [3.63, 3.8) is 0 Å². The van der Waals surface area contributed by atoms with E-state index in [1.807, 2.05) is 0 Å². The van der Waals surface area contributed by atoms with Crippen molar-refractivity contribution in [3.8, 4) is 0 Å². The maximum Gasteiger partial charge on any atom is 0.472 e. The molecule has 572 valence electrons. The van der Waals surface area contributed by atoms with Gasteiger partial charge >= 0.3 is 25.7 Å². The number of aliphatic hydroxyl groups excluding tert-OH is 10. The summed E-state index contributed by atoms with van der Waals surface area (Å²) in [6.45, 7) is 3.46. The molecule has 0 aromatic carbocycles. The first-order valence-electron chi connectivity index (χ1n) is 38.3. The largest absolute Gasteiger partial charge is 0.472 e. The molecule has 3 fully saturated rings. The highest BCUT2D eigenvalue weighted by molar-refractivity contribution is 7.47. The molecule has 3 rings (SSSR count). The third-order valence-corrected chi connectivity index (χ3v) is 20.1. The summed E-state index contributed by atoms with van der Waals surface area (Å²) in [5.74, 6) is -1.97. The quantitative estimate of drug-likeness (QED) is 0.0117. The van der Waals surface area contributed by atoms with E-state index in [9.17, 15) is 74.9 Å². The van der Waals surface area contributed by atoms with Gasteiger partial charge in [-0.05, 0) is 19.3 Å². The Hall–Kier alpha value is -2.04. The molecule has 18 atom stereocenters. The summed E-state index contributed by atoms with van der Waals surface area (Å²) in [6.07, 6.45) is 11.7. The first-order valence-corrected chi connectivity index (χ1v) is 39.8.